The molecule has 0 spiro atoms. The summed E-state index contributed by atoms with van der Waals surface area (Å²) < 4.78 is 0. The fourth-order valence-corrected chi connectivity index (χ4v) is 3.02. The molecule has 1 atom stereocenters. The summed E-state index contributed by atoms with van der Waals surface area (Å²) in [5.74, 6) is 2.09. The highest BCUT2D eigenvalue weighted by Gasteiger charge is 2.20. The zero-order valence-corrected chi connectivity index (χ0v) is 8.73. The third kappa shape index (κ3) is 2.98. The Morgan fingerprint density at radius 1 is 0.846 bits per heavy atom. The van der Waals surface area contributed by atoms with Crippen molar-refractivity contribution >= 4 is 0 Å². The summed E-state index contributed by atoms with van der Waals surface area (Å²) in [5.41, 5.74) is 0. The Morgan fingerprint density at radius 3 is 2.31 bits per heavy atom. The average molecular weight is 181 g/mol. The van der Waals surface area contributed by atoms with Gasteiger partial charge in [0.2, 0.25) is 0 Å². The molecule has 76 valence electrons. The van der Waals surface area contributed by atoms with Crippen molar-refractivity contribution in [2.75, 3.05) is 13.1 Å². The van der Waals surface area contributed by atoms with E-state index in [1.807, 2.05) is 0 Å². The van der Waals surface area contributed by atoms with Gasteiger partial charge in [-0.05, 0) is 44.2 Å². The van der Waals surface area contributed by atoms with Crippen molar-refractivity contribution in [2.24, 2.45) is 11.8 Å². The van der Waals surface area contributed by atoms with Gasteiger partial charge < -0.3 is 5.32 Å². The molecule has 1 N–H and O–H groups in total. The first-order valence-corrected chi connectivity index (χ1v) is 6.16. The van der Waals surface area contributed by atoms with Crippen LogP contribution in [-0.4, -0.2) is 13.1 Å². The van der Waals surface area contributed by atoms with E-state index in [-0.39, 0.29) is 0 Å². The molecule has 1 heteroatoms. The second-order valence-electron chi connectivity index (χ2n) is 4.95. The van der Waals surface area contributed by atoms with E-state index in [1.165, 1.54) is 64.5 Å². The zero-order valence-electron chi connectivity index (χ0n) is 8.73. The Kier molecular flexibility index (Phi) is 3.65. The largest absolute Gasteiger partial charge is 0.316 e. The first-order chi connectivity index (χ1) is 6.45. The number of nitrogens with one attached hydrogen (secondary N) is 1. The van der Waals surface area contributed by atoms with E-state index in [1.54, 1.807) is 0 Å². The van der Waals surface area contributed by atoms with Crippen LogP contribution in [0.25, 0.3) is 0 Å². The van der Waals surface area contributed by atoms with Crippen LogP contribution >= 0.6 is 0 Å². The van der Waals surface area contributed by atoms with E-state index in [9.17, 15) is 0 Å². The maximum absolute atomic E-state index is 3.52. The molecule has 0 radical (unpaired) electrons. The molecule has 0 aromatic carbocycles. The van der Waals surface area contributed by atoms with Crippen LogP contribution in [0.1, 0.15) is 51.4 Å². The number of hydrogen-bond acceptors (Lipinski definition) is 1. The quantitative estimate of drug-likeness (QED) is 0.690. The Labute approximate surface area is 82.3 Å². The van der Waals surface area contributed by atoms with Crippen LogP contribution in [0.4, 0.5) is 0 Å². The van der Waals surface area contributed by atoms with Crippen LogP contribution in [0.15, 0.2) is 0 Å². The maximum atomic E-state index is 3.52. The van der Waals surface area contributed by atoms with Gasteiger partial charge >= 0.3 is 0 Å². The van der Waals surface area contributed by atoms with E-state index in [2.05, 4.69) is 5.32 Å². The highest BCUT2D eigenvalue weighted by molar-refractivity contribution is 4.74. The molecule has 1 saturated heterocycles. The van der Waals surface area contributed by atoms with Crippen LogP contribution in [0.2, 0.25) is 0 Å². The first-order valence-electron chi connectivity index (χ1n) is 6.16. The lowest BCUT2D eigenvalue weighted by molar-refractivity contribution is 0.254. The van der Waals surface area contributed by atoms with Crippen LogP contribution in [-0.2, 0) is 0 Å². The van der Waals surface area contributed by atoms with Crippen LogP contribution in [0.3, 0.4) is 0 Å². The van der Waals surface area contributed by atoms with Crippen molar-refractivity contribution in [3.63, 3.8) is 0 Å². The van der Waals surface area contributed by atoms with Gasteiger partial charge in [-0.2, -0.15) is 0 Å². The van der Waals surface area contributed by atoms with Gasteiger partial charge in [0.1, 0.15) is 0 Å². The second kappa shape index (κ2) is 4.99. The summed E-state index contributed by atoms with van der Waals surface area (Å²) in [6, 6.07) is 0. The minimum atomic E-state index is 1.01. The topological polar surface area (TPSA) is 12.0 Å². The Morgan fingerprint density at radius 2 is 1.62 bits per heavy atom. The molecule has 1 saturated carbocycles. The SMILES string of the molecule is C1CCC(C[C@H]2CCCNC2)CC1. The van der Waals surface area contributed by atoms with E-state index in [4.69, 9.17) is 0 Å². The summed E-state index contributed by atoms with van der Waals surface area (Å²) in [7, 11) is 0. The van der Waals surface area contributed by atoms with Crippen molar-refractivity contribution in [1.29, 1.82) is 0 Å². The molecule has 1 nitrogen and oxygen atoms in total. The summed E-state index contributed by atoms with van der Waals surface area (Å²) in [4.78, 5) is 0. The van der Waals surface area contributed by atoms with Gasteiger partial charge in [0.15, 0.2) is 0 Å². The summed E-state index contributed by atoms with van der Waals surface area (Å²) in [6.45, 7) is 2.57. The fourth-order valence-electron chi connectivity index (χ4n) is 3.02. The number of piperidine rings is 1. The molecule has 1 aliphatic carbocycles. The molecule has 2 fully saturated rings. The van der Waals surface area contributed by atoms with Crippen molar-refractivity contribution in [3.8, 4) is 0 Å². The van der Waals surface area contributed by atoms with Gasteiger partial charge in [0.05, 0.1) is 0 Å². The lowest BCUT2D eigenvalue weighted by Crippen LogP contribution is -2.31. The Bertz CT molecular complexity index is 116. The van der Waals surface area contributed by atoms with Gasteiger partial charge in [0.25, 0.3) is 0 Å². The van der Waals surface area contributed by atoms with Gasteiger partial charge in [-0.3, -0.25) is 0 Å². The van der Waals surface area contributed by atoms with Crippen LogP contribution in [0, 0.1) is 11.8 Å². The van der Waals surface area contributed by atoms with E-state index < -0.39 is 0 Å². The number of rotatable bonds is 2. The monoisotopic (exact) mass is 181 g/mol. The zero-order chi connectivity index (χ0) is 8.93. The van der Waals surface area contributed by atoms with Gasteiger partial charge in [0, 0.05) is 0 Å². The molecular weight excluding hydrogens is 158 g/mol. The Balaban J connectivity index is 1.69. The lowest BCUT2D eigenvalue weighted by Gasteiger charge is -2.29. The highest BCUT2D eigenvalue weighted by Crippen LogP contribution is 2.30. The first kappa shape index (κ1) is 9.51. The molecule has 1 heterocycles. The van der Waals surface area contributed by atoms with E-state index >= 15 is 0 Å². The molecule has 2 rings (SSSR count). The minimum Gasteiger partial charge on any atom is -0.316 e. The third-order valence-electron chi connectivity index (χ3n) is 3.79. The van der Waals surface area contributed by atoms with Crippen molar-refractivity contribution in [2.45, 2.75) is 51.4 Å². The van der Waals surface area contributed by atoms with Crippen molar-refractivity contribution < 1.29 is 0 Å². The van der Waals surface area contributed by atoms with E-state index in [0.29, 0.717) is 0 Å². The molecule has 0 aromatic heterocycles. The molecule has 0 unspecified atom stereocenters. The third-order valence-corrected chi connectivity index (χ3v) is 3.79. The summed E-state index contributed by atoms with van der Waals surface area (Å²) in [6.07, 6.45) is 12.0. The predicted molar refractivity (Wildman–Crippen MR) is 56.8 cm³/mol. The van der Waals surface area contributed by atoms with Gasteiger partial charge in [-0.1, -0.05) is 32.1 Å². The van der Waals surface area contributed by atoms with Crippen molar-refractivity contribution in [3.05, 3.63) is 0 Å². The summed E-state index contributed by atoms with van der Waals surface area (Å²) >= 11 is 0. The standard InChI is InChI=1S/C12H23N/c1-2-5-11(6-3-1)9-12-7-4-8-13-10-12/h11-13H,1-10H2/t12-/m1/s1. The fraction of sp³-hybridized carbons (Fsp3) is 1.00. The predicted octanol–water partition coefficient (Wildman–Crippen LogP) is 2.96. The van der Waals surface area contributed by atoms with Crippen LogP contribution in [0.5, 0.6) is 0 Å². The highest BCUT2D eigenvalue weighted by atomic mass is 14.9. The maximum Gasteiger partial charge on any atom is -0.00204 e. The average Bonchev–Trinajstić information content (AvgIpc) is 2.21. The van der Waals surface area contributed by atoms with Crippen LogP contribution < -0.4 is 5.32 Å². The molecule has 13 heavy (non-hydrogen) atoms. The van der Waals surface area contributed by atoms with Crippen molar-refractivity contribution in [1.82, 2.24) is 5.32 Å². The second-order valence-corrected chi connectivity index (χ2v) is 4.95. The van der Waals surface area contributed by atoms with Gasteiger partial charge in [-0.15, -0.1) is 0 Å². The molecule has 0 amide bonds. The molecule has 0 bridgehead atoms. The summed E-state index contributed by atoms with van der Waals surface area (Å²) in [5, 5.41) is 3.52. The van der Waals surface area contributed by atoms with E-state index in [0.717, 1.165) is 11.8 Å². The lowest BCUT2D eigenvalue weighted by atomic mass is 9.81. The number of hydrogen-bond donors (Lipinski definition) is 1. The minimum absolute atomic E-state index is 1.01. The Hall–Kier alpha value is -0.0400. The normalized spacial score (nSPS) is 31.8. The molecule has 2 aliphatic rings. The molecular formula is C12H23N. The van der Waals surface area contributed by atoms with Gasteiger partial charge in [-0.25, -0.2) is 0 Å². The molecule has 0 aromatic rings. The smallest absolute Gasteiger partial charge is 0.00204 e. The molecule has 1 aliphatic heterocycles.